The van der Waals surface area contributed by atoms with Crippen molar-refractivity contribution in [2.45, 2.75) is 0 Å². The summed E-state index contributed by atoms with van der Waals surface area (Å²) in [4.78, 5) is 11.8. The lowest BCUT2D eigenvalue weighted by molar-refractivity contribution is -0.119. The number of hydrogen-bond donors (Lipinski definition) is 2. The van der Waals surface area contributed by atoms with Gasteiger partial charge >= 0.3 is 0 Å². The fourth-order valence-corrected chi connectivity index (χ4v) is 4.45. The van der Waals surface area contributed by atoms with Crippen LogP contribution in [0.2, 0.25) is 0 Å². The maximum Gasteiger partial charge on any atom is 0.259 e. The summed E-state index contributed by atoms with van der Waals surface area (Å²) in [6.07, 6.45) is 1.59. The van der Waals surface area contributed by atoms with E-state index in [2.05, 4.69) is 79.6 Å². The number of carbonyl (C=O) groups excluding carboxylic acids is 1. The van der Waals surface area contributed by atoms with Crippen LogP contribution in [0.15, 0.2) is 59.4 Å². The Bertz CT molecular complexity index is 709. The van der Waals surface area contributed by atoms with Crippen LogP contribution in [0.1, 0.15) is 5.56 Å². The number of halogens is 4. The average Bonchev–Trinajstić information content (AvgIpc) is 2.48. The Labute approximate surface area is 167 Å². The number of nitrogens with one attached hydrogen (secondary N) is 2. The number of hydrogen-bond acceptors (Lipinski definition) is 3. The average molecular weight is 569 g/mol. The number of rotatable bonds is 5. The Morgan fingerprint density at radius 3 is 2.22 bits per heavy atom. The van der Waals surface area contributed by atoms with E-state index in [1.807, 2.05) is 36.4 Å². The third-order valence-corrected chi connectivity index (χ3v) is 4.94. The van der Waals surface area contributed by atoms with Crippen LogP contribution in [0.5, 0.6) is 0 Å². The standard InChI is InChI=1S/C15H11Br4N3O/c16-10-3-1-9(2-4-10)7-21-22-14(23)8-20-15-12(18)5-11(17)6-13(15)19/h1-7,20H,8H2,(H,22,23)/b21-7+. The number of benzene rings is 2. The molecule has 2 aromatic carbocycles. The molecule has 0 unspecified atom stereocenters. The predicted octanol–water partition coefficient (Wildman–Crippen LogP) is 5.30. The molecule has 0 aromatic heterocycles. The lowest BCUT2D eigenvalue weighted by Gasteiger charge is -2.10. The van der Waals surface area contributed by atoms with Crippen LogP contribution in [-0.4, -0.2) is 18.7 Å². The van der Waals surface area contributed by atoms with E-state index >= 15 is 0 Å². The number of hydrazone groups is 1. The third-order valence-electron chi connectivity index (χ3n) is 2.71. The molecule has 2 aromatic rings. The summed E-state index contributed by atoms with van der Waals surface area (Å²) in [7, 11) is 0. The second-order valence-corrected chi connectivity index (χ2v) is 7.98. The molecule has 4 nitrogen and oxygen atoms in total. The van der Waals surface area contributed by atoms with Crippen molar-refractivity contribution in [3.8, 4) is 0 Å². The summed E-state index contributed by atoms with van der Waals surface area (Å²) in [5.41, 5.74) is 4.19. The quantitative estimate of drug-likeness (QED) is 0.380. The number of nitrogens with zero attached hydrogens (tertiary/aromatic N) is 1. The number of anilines is 1. The molecule has 0 heterocycles. The zero-order valence-electron chi connectivity index (χ0n) is 11.6. The first kappa shape index (κ1) is 18.6. The normalized spacial score (nSPS) is 10.8. The van der Waals surface area contributed by atoms with E-state index in [9.17, 15) is 4.79 Å². The highest BCUT2D eigenvalue weighted by molar-refractivity contribution is 9.11. The van der Waals surface area contributed by atoms with Gasteiger partial charge in [-0.1, -0.05) is 44.0 Å². The van der Waals surface area contributed by atoms with Crippen molar-refractivity contribution in [3.05, 3.63) is 59.9 Å². The van der Waals surface area contributed by atoms with Crippen LogP contribution < -0.4 is 10.7 Å². The molecule has 0 atom stereocenters. The fourth-order valence-electron chi connectivity index (χ4n) is 1.65. The number of carbonyl (C=O) groups is 1. The minimum Gasteiger partial charge on any atom is -0.374 e. The monoisotopic (exact) mass is 565 g/mol. The van der Waals surface area contributed by atoms with Crippen LogP contribution in [0.25, 0.3) is 0 Å². The molecule has 2 N–H and O–H groups in total. The molecule has 0 aliphatic carbocycles. The second-order valence-electron chi connectivity index (χ2n) is 4.44. The Hall–Kier alpha value is -0.700. The van der Waals surface area contributed by atoms with Crippen molar-refractivity contribution < 1.29 is 4.79 Å². The maximum atomic E-state index is 11.8. The number of amides is 1. The van der Waals surface area contributed by atoms with Crippen molar-refractivity contribution in [3.63, 3.8) is 0 Å². The largest absolute Gasteiger partial charge is 0.374 e. The molecule has 0 bridgehead atoms. The van der Waals surface area contributed by atoms with E-state index in [4.69, 9.17) is 0 Å². The van der Waals surface area contributed by atoms with Gasteiger partial charge in [0.2, 0.25) is 0 Å². The van der Waals surface area contributed by atoms with Gasteiger partial charge in [-0.25, -0.2) is 5.43 Å². The summed E-state index contributed by atoms with van der Waals surface area (Å²) in [5.74, 6) is -0.236. The highest BCUT2D eigenvalue weighted by Gasteiger charge is 2.08. The van der Waals surface area contributed by atoms with Crippen molar-refractivity contribution in [1.29, 1.82) is 0 Å². The molecule has 1 amide bonds. The summed E-state index contributed by atoms with van der Waals surface area (Å²) in [5, 5.41) is 6.99. The van der Waals surface area contributed by atoms with Gasteiger partial charge in [0, 0.05) is 17.9 Å². The molecule has 8 heteroatoms. The molecule has 0 aliphatic heterocycles. The minimum atomic E-state index is -0.236. The van der Waals surface area contributed by atoms with Gasteiger partial charge in [-0.05, 0) is 61.7 Å². The first-order chi connectivity index (χ1) is 11.0. The minimum absolute atomic E-state index is 0.108. The summed E-state index contributed by atoms with van der Waals surface area (Å²) >= 11 is 13.7. The molecular weight excluding hydrogens is 558 g/mol. The van der Waals surface area contributed by atoms with E-state index < -0.39 is 0 Å². The van der Waals surface area contributed by atoms with Gasteiger partial charge in [0.05, 0.1) is 18.4 Å². The van der Waals surface area contributed by atoms with E-state index in [1.165, 1.54) is 0 Å². The van der Waals surface area contributed by atoms with Crippen LogP contribution in [0, 0.1) is 0 Å². The van der Waals surface area contributed by atoms with Crippen LogP contribution >= 0.6 is 63.7 Å². The van der Waals surface area contributed by atoms with Gasteiger partial charge in [-0.2, -0.15) is 5.10 Å². The highest BCUT2D eigenvalue weighted by atomic mass is 79.9. The molecule has 23 heavy (non-hydrogen) atoms. The maximum absolute atomic E-state index is 11.8. The van der Waals surface area contributed by atoms with Gasteiger partial charge in [0.25, 0.3) is 5.91 Å². The summed E-state index contributed by atoms with van der Waals surface area (Å²) < 4.78 is 3.63. The first-order valence-electron chi connectivity index (χ1n) is 6.41. The molecule has 0 radical (unpaired) electrons. The van der Waals surface area contributed by atoms with Crippen molar-refractivity contribution in [2.24, 2.45) is 5.10 Å². The summed E-state index contributed by atoms with van der Waals surface area (Å²) in [6, 6.07) is 11.4. The zero-order valence-corrected chi connectivity index (χ0v) is 18.0. The van der Waals surface area contributed by atoms with Gasteiger partial charge in [0.15, 0.2) is 0 Å². The molecule has 0 saturated carbocycles. The van der Waals surface area contributed by atoms with Gasteiger partial charge in [0.1, 0.15) is 0 Å². The Morgan fingerprint density at radius 2 is 1.61 bits per heavy atom. The van der Waals surface area contributed by atoms with Crippen LogP contribution in [0.4, 0.5) is 5.69 Å². The smallest absolute Gasteiger partial charge is 0.259 e. The topological polar surface area (TPSA) is 53.5 Å². The lowest BCUT2D eigenvalue weighted by atomic mass is 10.2. The van der Waals surface area contributed by atoms with E-state index in [-0.39, 0.29) is 12.5 Å². The summed E-state index contributed by atoms with van der Waals surface area (Å²) in [6.45, 7) is 0.108. The highest BCUT2D eigenvalue weighted by Crippen LogP contribution is 2.34. The van der Waals surface area contributed by atoms with Crippen molar-refractivity contribution >= 4 is 81.5 Å². The fraction of sp³-hybridized carbons (Fsp3) is 0.0667. The van der Waals surface area contributed by atoms with E-state index in [0.717, 1.165) is 29.1 Å². The van der Waals surface area contributed by atoms with E-state index in [1.54, 1.807) is 6.21 Å². The molecule has 0 aliphatic rings. The molecule has 0 spiro atoms. The molecule has 2 rings (SSSR count). The van der Waals surface area contributed by atoms with Crippen LogP contribution in [0.3, 0.4) is 0 Å². The Kier molecular flexibility index (Phi) is 7.26. The first-order valence-corrected chi connectivity index (χ1v) is 9.59. The molecule has 120 valence electrons. The Morgan fingerprint density at radius 1 is 1.00 bits per heavy atom. The predicted molar refractivity (Wildman–Crippen MR) is 108 cm³/mol. The van der Waals surface area contributed by atoms with Gasteiger partial charge in [-0.15, -0.1) is 0 Å². The van der Waals surface area contributed by atoms with Crippen molar-refractivity contribution in [1.82, 2.24) is 5.43 Å². The van der Waals surface area contributed by atoms with Gasteiger partial charge < -0.3 is 5.32 Å². The van der Waals surface area contributed by atoms with Crippen molar-refractivity contribution in [2.75, 3.05) is 11.9 Å². The van der Waals surface area contributed by atoms with Gasteiger partial charge in [-0.3, -0.25) is 4.79 Å². The molecular formula is C15H11Br4N3O. The zero-order chi connectivity index (χ0) is 16.8. The lowest BCUT2D eigenvalue weighted by Crippen LogP contribution is -2.26. The molecule has 0 saturated heterocycles. The van der Waals surface area contributed by atoms with E-state index in [0.29, 0.717) is 0 Å². The second kappa shape index (κ2) is 8.96. The Balaban J connectivity index is 1.87. The molecule has 0 fully saturated rings. The third kappa shape index (κ3) is 6.02. The SMILES string of the molecule is O=C(CNc1c(Br)cc(Br)cc1Br)N/N=C/c1ccc(Br)cc1. The van der Waals surface area contributed by atoms with Crippen LogP contribution in [-0.2, 0) is 4.79 Å².